The molecule has 3 aromatic carbocycles. The van der Waals surface area contributed by atoms with Gasteiger partial charge in [0.2, 0.25) is 11.8 Å². The molecule has 0 unspecified atom stereocenters. The number of nitrogens with zero attached hydrogens (tertiary/aromatic N) is 1. The van der Waals surface area contributed by atoms with Crippen LogP contribution < -0.4 is 11.1 Å². The monoisotopic (exact) mass is 445 g/mol. The number of rotatable bonds is 7. The van der Waals surface area contributed by atoms with Crippen LogP contribution >= 0.6 is 0 Å². The molecular weight excluding hydrogens is 418 g/mol. The summed E-state index contributed by atoms with van der Waals surface area (Å²) in [7, 11) is 0. The molecule has 1 saturated heterocycles. The molecule has 0 aromatic heterocycles. The predicted molar refractivity (Wildman–Crippen MR) is 125 cm³/mol. The lowest BCUT2D eigenvalue weighted by Crippen LogP contribution is -2.53. The van der Waals surface area contributed by atoms with Gasteiger partial charge in [-0.1, -0.05) is 72.8 Å². The van der Waals surface area contributed by atoms with Gasteiger partial charge in [0.05, 0.1) is 0 Å². The Kier molecular flexibility index (Phi) is 6.88. The number of nitrogens with one attached hydrogen (secondary N) is 1. The highest BCUT2D eigenvalue weighted by molar-refractivity contribution is 5.92. The zero-order valence-electron chi connectivity index (χ0n) is 18.3. The smallest absolute Gasteiger partial charge is 0.410 e. The standard InChI is InChI=1S/C26H27N3O4/c27-24(30)22(16-20-12-6-11-19-10-4-5-13-21(19)20)28-25(31)23-14-7-15-29(23)26(32)33-17-18-8-2-1-3-9-18/h1-6,8-13,22-23H,7,14-17H2,(H2,27,30)(H,28,31)/t22-,23+/m0/s1. The quantitative estimate of drug-likeness (QED) is 0.583. The van der Waals surface area contributed by atoms with Gasteiger partial charge >= 0.3 is 6.09 Å². The van der Waals surface area contributed by atoms with Crippen molar-refractivity contribution in [3.63, 3.8) is 0 Å². The first kappa shape index (κ1) is 22.3. The predicted octanol–water partition coefficient (Wildman–Crippen LogP) is 3.15. The molecule has 7 nitrogen and oxygen atoms in total. The number of primary amides is 1. The SMILES string of the molecule is NC(=O)[C@H](Cc1cccc2ccccc12)NC(=O)[C@H]1CCCN1C(=O)OCc1ccccc1. The summed E-state index contributed by atoms with van der Waals surface area (Å²) in [4.78, 5) is 39.2. The molecule has 0 saturated carbocycles. The molecule has 1 aliphatic rings. The van der Waals surface area contributed by atoms with Gasteiger partial charge in [-0.2, -0.15) is 0 Å². The molecule has 1 heterocycles. The van der Waals surface area contributed by atoms with Crippen LogP contribution in [0.25, 0.3) is 10.8 Å². The number of fused-ring (bicyclic) bond motifs is 1. The molecule has 3 aromatic rings. The average Bonchev–Trinajstić information content (AvgIpc) is 3.33. The van der Waals surface area contributed by atoms with Crippen molar-refractivity contribution in [3.8, 4) is 0 Å². The van der Waals surface area contributed by atoms with Crippen molar-refractivity contribution in [2.45, 2.75) is 38.0 Å². The van der Waals surface area contributed by atoms with Crippen LogP contribution in [0.2, 0.25) is 0 Å². The van der Waals surface area contributed by atoms with Crippen molar-refractivity contribution < 1.29 is 19.1 Å². The number of benzene rings is 3. The number of hydrogen-bond acceptors (Lipinski definition) is 4. The Hall–Kier alpha value is -3.87. The molecule has 0 aliphatic carbocycles. The fourth-order valence-electron chi connectivity index (χ4n) is 4.24. The number of ether oxygens (including phenoxy) is 1. The highest BCUT2D eigenvalue weighted by atomic mass is 16.6. The van der Waals surface area contributed by atoms with Crippen molar-refractivity contribution in [3.05, 3.63) is 83.9 Å². The molecule has 1 aliphatic heterocycles. The summed E-state index contributed by atoms with van der Waals surface area (Å²) < 4.78 is 5.40. The van der Waals surface area contributed by atoms with Crippen LogP contribution in [0.1, 0.15) is 24.0 Å². The van der Waals surface area contributed by atoms with E-state index < -0.39 is 30.0 Å². The Labute approximate surface area is 192 Å². The minimum Gasteiger partial charge on any atom is -0.445 e. The van der Waals surface area contributed by atoms with Crippen molar-refractivity contribution >= 4 is 28.7 Å². The highest BCUT2D eigenvalue weighted by Gasteiger charge is 2.36. The van der Waals surface area contributed by atoms with Gasteiger partial charge in [0.25, 0.3) is 0 Å². The van der Waals surface area contributed by atoms with Crippen molar-refractivity contribution in [1.29, 1.82) is 0 Å². The van der Waals surface area contributed by atoms with E-state index in [9.17, 15) is 14.4 Å². The Morgan fingerprint density at radius 2 is 1.73 bits per heavy atom. The van der Waals surface area contributed by atoms with Crippen LogP contribution in [-0.2, 0) is 27.4 Å². The van der Waals surface area contributed by atoms with E-state index in [2.05, 4.69) is 5.32 Å². The first-order valence-corrected chi connectivity index (χ1v) is 11.1. The van der Waals surface area contributed by atoms with Crippen molar-refractivity contribution in [1.82, 2.24) is 10.2 Å². The third kappa shape index (κ3) is 5.31. The minimum absolute atomic E-state index is 0.134. The Balaban J connectivity index is 1.42. The molecule has 33 heavy (non-hydrogen) atoms. The van der Waals surface area contributed by atoms with E-state index in [1.54, 1.807) is 0 Å². The summed E-state index contributed by atoms with van der Waals surface area (Å²) in [6.45, 7) is 0.561. The van der Waals surface area contributed by atoms with E-state index in [1.165, 1.54) is 4.90 Å². The number of likely N-dealkylation sites (tertiary alicyclic amines) is 1. The molecule has 2 atom stereocenters. The Bertz CT molecular complexity index is 1140. The van der Waals surface area contributed by atoms with Gasteiger partial charge in [-0.15, -0.1) is 0 Å². The topological polar surface area (TPSA) is 102 Å². The molecular formula is C26H27N3O4. The van der Waals surface area contributed by atoms with E-state index >= 15 is 0 Å². The van der Waals surface area contributed by atoms with Gasteiger partial charge in [-0.05, 0) is 34.7 Å². The van der Waals surface area contributed by atoms with Gasteiger partial charge in [-0.25, -0.2) is 4.79 Å². The normalized spacial score (nSPS) is 16.4. The van der Waals surface area contributed by atoms with Gasteiger partial charge < -0.3 is 15.8 Å². The number of hydrogen-bond donors (Lipinski definition) is 2. The average molecular weight is 446 g/mol. The van der Waals surface area contributed by atoms with Crippen LogP contribution in [0.3, 0.4) is 0 Å². The lowest BCUT2D eigenvalue weighted by Gasteiger charge is -2.25. The number of amides is 3. The summed E-state index contributed by atoms with van der Waals surface area (Å²) in [6, 6.07) is 21.5. The molecule has 0 bridgehead atoms. The molecule has 1 fully saturated rings. The zero-order chi connectivity index (χ0) is 23.2. The molecule has 3 N–H and O–H groups in total. The van der Waals surface area contributed by atoms with E-state index in [0.717, 1.165) is 21.9 Å². The summed E-state index contributed by atoms with van der Waals surface area (Å²) >= 11 is 0. The van der Waals surface area contributed by atoms with E-state index in [0.29, 0.717) is 19.4 Å². The maximum absolute atomic E-state index is 13.0. The lowest BCUT2D eigenvalue weighted by molar-refractivity contribution is -0.130. The van der Waals surface area contributed by atoms with Crippen LogP contribution in [-0.4, -0.2) is 41.4 Å². The van der Waals surface area contributed by atoms with Gasteiger partial charge in [0.1, 0.15) is 18.7 Å². The number of nitrogens with two attached hydrogens (primary N) is 1. The second-order valence-electron chi connectivity index (χ2n) is 8.20. The first-order valence-electron chi connectivity index (χ1n) is 11.1. The Morgan fingerprint density at radius 3 is 2.52 bits per heavy atom. The molecule has 0 radical (unpaired) electrons. The number of carbonyl (C=O) groups is 3. The minimum atomic E-state index is -0.883. The summed E-state index contributed by atoms with van der Waals surface area (Å²) in [5.74, 6) is -1.01. The third-order valence-corrected chi connectivity index (χ3v) is 5.96. The lowest BCUT2D eigenvalue weighted by atomic mass is 9.98. The number of carbonyl (C=O) groups excluding carboxylic acids is 3. The molecule has 3 amide bonds. The molecule has 7 heteroatoms. The summed E-state index contributed by atoms with van der Waals surface area (Å²) in [5, 5.41) is 4.82. The zero-order valence-corrected chi connectivity index (χ0v) is 18.3. The second kappa shape index (κ2) is 10.2. The maximum Gasteiger partial charge on any atom is 0.410 e. The van der Waals surface area contributed by atoms with Gasteiger partial charge in [-0.3, -0.25) is 14.5 Å². The summed E-state index contributed by atoms with van der Waals surface area (Å²) in [5.41, 5.74) is 7.41. The maximum atomic E-state index is 13.0. The van der Waals surface area contributed by atoms with Gasteiger partial charge in [0, 0.05) is 13.0 Å². The van der Waals surface area contributed by atoms with Gasteiger partial charge in [0.15, 0.2) is 0 Å². The van der Waals surface area contributed by atoms with Crippen LogP contribution in [0.5, 0.6) is 0 Å². The van der Waals surface area contributed by atoms with Crippen molar-refractivity contribution in [2.75, 3.05) is 6.54 Å². The Morgan fingerprint density at radius 1 is 1.00 bits per heavy atom. The highest BCUT2D eigenvalue weighted by Crippen LogP contribution is 2.22. The van der Waals surface area contributed by atoms with E-state index in [4.69, 9.17) is 10.5 Å². The van der Waals surface area contributed by atoms with Crippen molar-refractivity contribution in [2.24, 2.45) is 5.73 Å². The summed E-state index contributed by atoms with van der Waals surface area (Å²) in [6.07, 6.45) is 0.920. The molecule has 4 rings (SSSR count). The molecule has 0 spiro atoms. The fourth-order valence-corrected chi connectivity index (χ4v) is 4.24. The fraction of sp³-hybridized carbons (Fsp3) is 0.269. The van der Waals surface area contributed by atoms with Crippen LogP contribution in [0, 0.1) is 0 Å². The molecule has 170 valence electrons. The van der Waals surface area contributed by atoms with E-state index in [-0.39, 0.29) is 13.0 Å². The third-order valence-electron chi connectivity index (χ3n) is 5.96. The second-order valence-corrected chi connectivity index (χ2v) is 8.20. The van der Waals surface area contributed by atoms with Crippen LogP contribution in [0.15, 0.2) is 72.8 Å². The largest absolute Gasteiger partial charge is 0.445 e. The van der Waals surface area contributed by atoms with E-state index in [1.807, 2.05) is 72.8 Å². The first-order chi connectivity index (χ1) is 16.0. The van der Waals surface area contributed by atoms with Crippen LogP contribution in [0.4, 0.5) is 4.79 Å².